The number of ether oxygens (including phenoxy) is 3. The molecule has 14 heteroatoms. The van der Waals surface area contributed by atoms with Gasteiger partial charge in [-0.2, -0.15) is 0 Å². The zero-order valence-corrected chi connectivity index (χ0v) is 30.4. The average molecular weight is 715 g/mol. The van der Waals surface area contributed by atoms with Crippen LogP contribution in [-0.2, 0) is 28.6 Å². The topological polar surface area (TPSA) is 182 Å². The summed E-state index contributed by atoms with van der Waals surface area (Å²) in [5.74, 6) is -0.634. The van der Waals surface area contributed by atoms with E-state index in [0.717, 1.165) is 45.2 Å². The summed E-state index contributed by atoms with van der Waals surface area (Å²) in [6, 6.07) is 0. The Labute approximate surface area is 299 Å². The molecule has 1 unspecified atom stereocenters. The van der Waals surface area contributed by atoms with Crippen LogP contribution in [0.1, 0.15) is 51.4 Å². The highest BCUT2D eigenvalue weighted by molar-refractivity contribution is 5.70. The minimum atomic E-state index is -0.320. The van der Waals surface area contributed by atoms with Gasteiger partial charge >= 0.3 is 17.9 Å². The summed E-state index contributed by atoms with van der Waals surface area (Å²) in [7, 11) is 1.35. The van der Waals surface area contributed by atoms with Crippen molar-refractivity contribution in [2.24, 2.45) is 5.92 Å². The van der Waals surface area contributed by atoms with E-state index < -0.39 is 0 Å². The lowest BCUT2D eigenvalue weighted by atomic mass is 9.99. The second-order valence-corrected chi connectivity index (χ2v) is 11.8. The van der Waals surface area contributed by atoms with Crippen LogP contribution in [0.25, 0.3) is 0 Å². The van der Waals surface area contributed by atoms with E-state index in [9.17, 15) is 24.6 Å². The Morgan fingerprint density at radius 2 is 1.14 bits per heavy atom. The largest absolute Gasteiger partial charge is 0.469 e. The number of carbonyl (C=O) groups excluding carboxylic acids is 3. The normalized spacial score (nSPS) is 12.4. The number of hydrogen-bond donors (Lipinski definition) is 5. The standard InChI is InChI=1S/C36H66N4O10/c1-3-33(11-5-4-7-31-49-35(46)13-17-37-16-9-18-39(23-27-41)24-28-42)12-6-8-32-50-36(47)15-22-38(21-14-34(45)48-2)19-10-20-40(25-29-43)26-30-44/h3-4,6-8,33,37,41-44H,1,5,9-32H2,2H3/b7-4+,8-6-. The molecule has 0 aromatic rings. The molecule has 0 aliphatic rings. The number of allylic oxidation sites excluding steroid dienone is 3. The van der Waals surface area contributed by atoms with Crippen molar-refractivity contribution in [3.05, 3.63) is 37.0 Å². The summed E-state index contributed by atoms with van der Waals surface area (Å²) in [4.78, 5) is 41.9. The third-order valence-corrected chi connectivity index (χ3v) is 7.93. The SMILES string of the molecule is C=CC(C/C=C\COC(=O)CCN(CCCN(CCO)CCO)CCC(=O)OC)CC/C=C/COC(=O)CCNCCCN(CCO)CCO. The van der Waals surface area contributed by atoms with Crippen LogP contribution in [0.15, 0.2) is 37.0 Å². The molecule has 0 heterocycles. The number of aliphatic hydroxyl groups is 4. The zero-order chi connectivity index (χ0) is 37.1. The second-order valence-electron chi connectivity index (χ2n) is 11.8. The number of aliphatic hydroxyl groups excluding tert-OH is 4. The van der Waals surface area contributed by atoms with Crippen molar-refractivity contribution in [2.75, 3.05) is 119 Å². The second kappa shape index (κ2) is 34.7. The molecule has 5 N–H and O–H groups in total. The van der Waals surface area contributed by atoms with Gasteiger partial charge < -0.3 is 44.9 Å². The maximum atomic E-state index is 12.4. The van der Waals surface area contributed by atoms with Crippen molar-refractivity contribution in [1.82, 2.24) is 20.0 Å². The predicted octanol–water partition coefficient (Wildman–Crippen LogP) is 0.746. The van der Waals surface area contributed by atoms with Crippen LogP contribution < -0.4 is 5.32 Å². The van der Waals surface area contributed by atoms with Gasteiger partial charge in [-0.25, -0.2) is 0 Å². The molecule has 0 bridgehead atoms. The van der Waals surface area contributed by atoms with Crippen LogP contribution in [0.4, 0.5) is 0 Å². The minimum Gasteiger partial charge on any atom is -0.469 e. The van der Waals surface area contributed by atoms with E-state index in [1.54, 1.807) is 0 Å². The van der Waals surface area contributed by atoms with E-state index >= 15 is 0 Å². The summed E-state index contributed by atoms with van der Waals surface area (Å²) in [6.45, 7) is 10.8. The molecule has 0 rings (SSSR count). The van der Waals surface area contributed by atoms with Gasteiger partial charge in [0.2, 0.25) is 0 Å². The van der Waals surface area contributed by atoms with E-state index in [1.807, 2.05) is 45.1 Å². The van der Waals surface area contributed by atoms with E-state index in [2.05, 4.69) is 11.9 Å². The van der Waals surface area contributed by atoms with Crippen molar-refractivity contribution >= 4 is 17.9 Å². The van der Waals surface area contributed by atoms with Crippen LogP contribution in [0.5, 0.6) is 0 Å². The van der Waals surface area contributed by atoms with Gasteiger partial charge in [0, 0.05) is 45.8 Å². The summed E-state index contributed by atoms with van der Waals surface area (Å²) in [5, 5.41) is 39.7. The summed E-state index contributed by atoms with van der Waals surface area (Å²) in [5.41, 5.74) is 0. The fourth-order valence-electron chi connectivity index (χ4n) is 5.03. The van der Waals surface area contributed by atoms with Crippen LogP contribution in [-0.4, -0.2) is 172 Å². The summed E-state index contributed by atoms with van der Waals surface area (Å²) >= 11 is 0. The van der Waals surface area contributed by atoms with Crippen molar-refractivity contribution < 1.29 is 49.0 Å². The Morgan fingerprint density at radius 1 is 0.640 bits per heavy atom. The van der Waals surface area contributed by atoms with Gasteiger partial charge in [-0.3, -0.25) is 24.2 Å². The van der Waals surface area contributed by atoms with Gasteiger partial charge in [0.05, 0.1) is 52.8 Å². The maximum Gasteiger partial charge on any atom is 0.307 e. The highest BCUT2D eigenvalue weighted by Crippen LogP contribution is 2.13. The summed E-state index contributed by atoms with van der Waals surface area (Å²) in [6.07, 6.45) is 14.3. The molecule has 290 valence electrons. The van der Waals surface area contributed by atoms with E-state index in [-0.39, 0.29) is 76.3 Å². The monoisotopic (exact) mass is 714 g/mol. The molecule has 1 atom stereocenters. The number of nitrogens with one attached hydrogen (secondary N) is 1. The molecule has 14 nitrogen and oxygen atoms in total. The number of esters is 3. The number of methoxy groups -OCH3 is 1. The molecule has 0 spiro atoms. The molecule has 0 aliphatic carbocycles. The molecule has 50 heavy (non-hydrogen) atoms. The third-order valence-electron chi connectivity index (χ3n) is 7.93. The van der Waals surface area contributed by atoms with Crippen molar-refractivity contribution in [3.63, 3.8) is 0 Å². The van der Waals surface area contributed by atoms with Crippen molar-refractivity contribution in [2.45, 2.75) is 51.4 Å². The van der Waals surface area contributed by atoms with Crippen molar-refractivity contribution in [1.29, 1.82) is 0 Å². The molecule has 0 radical (unpaired) electrons. The third kappa shape index (κ3) is 29.1. The number of nitrogens with zero attached hydrogens (tertiary/aromatic N) is 3. The highest BCUT2D eigenvalue weighted by Gasteiger charge is 2.13. The minimum absolute atomic E-state index is 0.0153. The van der Waals surface area contributed by atoms with Gasteiger partial charge in [-0.15, -0.1) is 6.58 Å². The smallest absolute Gasteiger partial charge is 0.307 e. The Balaban J connectivity index is 4.19. The van der Waals surface area contributed by atoms with Gasteiger partial charge in [0.25, 0.3) is 0 Å². The molecule has 0 aliphatic heterocycles. The quantitative estimate of drug-likeness (QED) is 0.0269. The van der Waals surface area contributed by atoms with Crippen LogP contribution in [0.3, 0.4) is 0 Å². The van der Waals surface area contributed by atoms with Crippen molar-refractivity contribution in [3.8, 4) is 0 Å². The first kappa shape index (κ1) is 47.3. The Bertz CT molecular complexity index is 909. The first-order valence-corrected chi connectivity index (χ1v) is 17.9. The van der Waals surface area contributed by atoms with Crippen LogP contribution in [0.2, 0.25) is 0 Å². The Morgan fingerprint density at radius 3 is 1.68 bits per heavy atom. The predicted molar refractivity (Wildman–Crippen MR) is 193 cm³/mol. The van der Waals surface area contributed by atoms with E-state index in [0.29, 0.717) is 65.3 Å². The Kier molecular flexibility index (Phi) is 32.9. The van der Waals surface area contributed by atoms with Gasteiger partial charge in [0.1, 0.15) is 13.2 Å². The Hall–Kier alpha value is -2.69. The molecule has 0 aromatic heterocycles. The van der Waals surface area contributed by atoms with Gasteiger partial charge in [0.15, 0.2) is 0 Å². The lowest BCUT2D eigenvalue weighted by Gasteiger charge is -2.24. The van der Waals surface area contributed by atoms with Crippen LogP contribution >= 0.6 is 0 Å². The molecule has 0 aromatic carbocycles. The number of hydrogen-bond acceptors (Lipinski definition) is 14. The highest BCUT2D eigenvalue weighted by atomic mass is 16.5. The molecular formula is C36H66N4O10. The zero-order valence-electron chi connectivity index (χ0n) is 30.4. The number of carbonyl (C=O) groups is 3. The van der Waals surface area contributed by atoms with E-state index in [4.69, 9.17) is 24.4 Å². The van der Waals surface area contributed by atoms with E-state index in [1.165, 1.54) is 7.11 Å². The fourth-order valence-corrected chi connectivity index (χ4v) is 5.03. The molecular weight excluding hydrogens is 648 g/mol. The summed E-state index contributed by atoms with van der Waals surface area (Å²) < 4.78 is 15.4. The van der Waals surface area contributed by atoms with Gasteiger partial charge in [-0.1, -0.05) is 30.4 Å². The first-order chi connectivity index (χ1) is 24.3. The van der Waals surface area contributed by atoms with Crippen LogP contribution in [0, 0.1) is 5.92 Å². The molecule has 0 fully saturated rings. The fraction of sp³-hybridized carbons (Fsp3) is 0.750. The van der Waals surface area contributed by atoms with Gasteiger partial charge in [-0.05, 0) is 64.2 Å². The lowest BCUT2D eigenvalue weighted by molar-refractivity contribution is -0.143. The molecule has 0 amide bonds. The number of rotatable bonds is 35. The molecule has 0 saturated carbocycles. The lowest BCUT2D eigenvalue weighted by Crippen LogP contribution is -2.35. The first-order valence-electron chi connectivity index (χ1n) is 17.9. The molecule has 0 saturated heterocycles. The average Bonchev–Trinajstić information content (AvgIpc) is 3.11. The maximum absolute atomic E-state index is 12.4.